The molecule has 0 saturated heterocycles. The third-order valence-electron chi connectivity index (χ3n) is 5.27. The van der Waals surface area contributed by atoms with Crippen LogP contribution in [0.25, 0.3) is 10.9 Å². The fraction of sp³-hybridized carbons (Fsp3) is 0.611. The Kier molecular flexibility index (Phi) is 4.29. The van der Waals surface area contributed by atoms with Crippen molar-refractivity contribution in [3.8, 4) is 0 Å². The Morgan fingerprint density at radius 2 is 2.14 bits per heavy atom. The molecule has 3 nitrogen and oxygen atoms in total. The Balaban J connectivity index is 1.75. The molecule has 3 unspecified atom stereocenters. The summed E-state index contributed by atoms with van der Waals surface area (Å²) in [5, 5.41) is 5.96. The number of nitrogens with two attached hydrogens (primary N) is 1. The highest BCUT2D eigenvalue weighted by Gasteiger charge is 2.26. The molecule has 1 saturated carbocycles. The van der Waals surface area contributed by atoms with Crippen molar-refractivity contribution >= 4 is 10.9 Å². The summed E-state index contributed by atoms with van der Waals surface area (Å²) < 4.78 is 1.98. The molecule has 3 heteroatoms. The number of hydrogen-bond acceptors (Lipinski definition) is 2. The molecule has 1 heterocycles. The molecule has 3 atom stereocenters. The molecule has 1 aromatic carbocycles. The van der Waals surface area contributed by atoms with Crippen molar-refractivity contribution in [3.05, 3.63) is 30.0 Å². The monoisotopic (exact) mass is 285 g/mol. The predicted octanol–water partition coefficient (Wildman–Crippen LogP) is 3.66. The molecule has 2 aromatic rings. The average molecular weight is 285 g/mol. The van der Waals surface area contributed by atoms with Crippen LogP contribution in [0.2, 0.25) is 0 Å². The Labute approximate surface area is 127 Å². The van der Waals surface area contributed by atoms with Gasteiger partial charge >= 0.3 is 0 Å². The third kappa shape index (κ3) is 2.98. The van der Waals surface area contributed by atoms with Gasteiger partial charge in [0.2, 0.25) is 0 Å². The van der Waals surface area contributed by atoms with Crippen molar-refractivity contribution in [3.63, 3.8) is 0 Å². The minimum Gasteiger partial charge on any atom is -0.327 e. The smallest absolute Gasteiger partial charge is 0.0718 e. The van der Waals surface area contributed by atoms with Crippen LogP contribution in [-0.2, 0) is 13.5 Å². The summed E-state index contributed by atoms with van der Waals surface area (Å²) in [7, 11) is 2.02. The van der Waals surface area contributed by atoms with Crippen LogP contribution in [-0.4, -0.2) is 15.8 Å². The molecule has 1 aliphatic rings. The van der Waals surface area contributed by atoms with Gasteiger partial charge in [-0.05, 0) is 30.7 Å². The highest BCUT2D eigenvalue weighted by molar-refractivity contribution is 5.81. The van der Waals surface area contributed by atoms with E-state index >= 15 is 0 Å². The van der Waals surface area contributed by atoms with Gasteiger partial charge in [0.15, 0.2) is 0 Å². The van der Waals surface area contributed by atoms with E-state index in [1.807, 2.05) is 11.7 Å². The fourth-order valence-electron chi connectivity index (χ4n) is 3.92. The minimum atomic E-state index is 0.248. The first kappa shape index (κ1) is 14.6. The zero-order valence-corrected chi connectivity index (χ0v) is 13.3. The molecule has 0 spiro atoms. The lowest BCUT2D eigenvalue weighted by atomic mass is 9.76. The maximum absolute atomic E-state index is 6.55. The Bertz CT molecular complexity index is 602. The van der Waals surface area contributed by atoms with E-state index in [1.54, 1.807) is 0 Å². The molecular formula is C18H27N3. The van der Waals surface area contributed by atoms with Crippen LogP contribution in [0.15, 0.2) is 24.3 Å². The van der Waals surface area contributed by atoms with Crippen LogP contribution >= 0.6 is 0 Å². The molecule has 0 amide bonds. The zero-order valence-electron chi connectivity index (χ0n) is 13.3. The molecule has 3 rings (SSSR count). The minimum absolute atomic E-state index is 0.248. The first-order valence-electron chi connectivity index (χ1n) is 8.35. The van der Waals surface area contributed by atoms with Crippen molar-refractivity contribution < 1.29 is 0 Å². The summed E-state index contributed by atoms with van der Waals surface area (Å²) in [5.41, 5.74) is 8.92. The van der Waals surface area contributed by atoms with E-state index in [9.17, 15) is 0 Å². The highest BCUT2D eigenvalue weighted by atomic mass is 15.3. The van der Waals surface area contributed by atoms with E-state index in [2.05, 4.69) is 31.2 Å². The van der Waals surface area contributed by atoms with Crippen LogP contribution < -0.4 is 5.73 Å². The van der Waals surface area contributed by atoms with Crippen molar-refractivity contribution in [2.24, 2.45) is 24.6 Å². The second kappa shape index (κ2) is 6.18. The molecule has 1 aliphatic carbocycles. The molecular weight excluding hydrogens is 258 g/mol. The van der Waals surface area contributed by atoms with Crippen molar-refractivity contribution in [2.45, 2.75) is 51.5 Å². The number of aromatic nitrogens is 2. The molecule has 114 valence electrons. The molecule has 1 fully saturated rings. The van der Waals surface area contributed by atoms with Gasteiger partial charge in [0, 0.05) is 24.9 Å². The van der Waals surface area contributed by atoms with Gasteiger partial charge in [-0.3, -0.25) is 4.68 Å². The average Bonchev–Trinajstić information content (AvgIpc) is 2.84. The quantitative estimate of drug-likeness (QED) is 0.931. The summed E-state index contributed by atoms with van der Waals surface area (Å²) in [4.78, 5) is 0. The van der Waals surface area contributed by atoms with Crippen LogP contribution in [0.3, 0.4) is 0 Å². The lowest BCUT2D eigenvalue weighted by Gasteiger charge is -2.32. The Hall–Kier alpha value is -1.35. The van der Waals surface area contributed by atoms with Gasteiger partial charge < -0.3 is 5.73 Å². The maximum Gasteiger partial charge on any atom is 0.0718 e. The van der Waals surface area contributed by atoms with Crippen molar-refractivity contribution in [2.75, 3.05) is 0 Å². The number of aryl methyl sites for hydroxylation is 1. The normalized spacial score (nSPS) is 24.3. The Morgan fingerprint density at radius 1 is 1.33 bits per heavy atom. The predicted molar refractivity (Wildman–Crippen MR) is 88.1 cm³/mol. The summed E-state index contributed by atoms with van der Waals surface area (Å²) in [6, 6.07) is 8.70. The van der Waals surface area contributed by atoms with Gasteiger partial charge in [0.25, 0.3) is 0 Å². The number of hydrogen-bond donors (Lipinski definition) is 1. The SMILES string of the molecule is CCC1CCCC(C(N)Cc2nn(C)c3ccccc23)C1. The van der Waals surface area contributed by atoms with Crippen LogP contribution in [0.4, 0.5) is 0 Å². The third-order valence-corrected chi connectivity index (χ3v) is 5.27. The number of para-hydroxylation sites is 1. The topological polar surface area (TPSA) is 43.8 Å². The second-order valence-corrected chi connectivity index (χ2v) is 6.66. The summed E-state index contributed by atoms with van der Waals surface area (Å²) in [5.74, 6) is 1.56. The molecule has 0 radical (unpaired) electrons. The van der Waals surface area contributed by atoms with Gasteiger partial charge in [-0.2, -0.15) is 5.10 Å². The summed E-state index contributed by atoms with van der Waals surface area (Å²) >= 11 is 0. The molecule has 0 aliphatic heterocycles. The van der Waals surface area contributed by atoms with Gasteiger partial charge in [0.05, 0.1) is 11.2 Å². The van der Waals surface area contributed by atoms with E-state index < -0.39 is 0 Å². The molecule has 2 N–H and O–H groups in total. The Morgan fingerprint density at radius 3 is 2.95 bits per heavy atom. The van der Waals surface area contributed by atoms with E-state index in [-0.39, 0.29) is 6.04 Å². The highest BCUT2D eigenvalue weighted by Crippen LogP contribution is 2.33. The van der Waals surface area contributed by atoms with E-state index in [0.717, 1.165) is 12.3 Å². The summed E-state index contributed by atoms with van der Waals surface area (Å²) in [6.45, 7) is 2.31. The lowest BCUT2D eigenvalue weighted by molar-refractivity contribution is 0.228. The van der Waals surface area contributed by atoms with Crippen molar-refractivity contribution in [1.82, 2.24) is 9.78 Å². The van der Waals surface area contributed by atoms with E-state index in [0.29, 0.717) is 5.92 Å². The van der Waals surface area contributed by atoms with E-state index in [1.165, 1.54) is 48.7 Å². The molecule has 21 heavy (non-hydrogen) atoms. The van der Waals surface area contributed by atoms with Gasteiger partial charge in [-0.15, -0.1) is 0 Å². The first-order valence-corrected chi connectivity index (χ1v) is 8.35. The maximum atomic E-state index is 6.55. The van der Waals surface area contributed by atoms with Gasteiger partial charge in [0.1, 0.15) is 0 Å². The van der Waals surface area contributed by atoms with Gasteiger partial charge in [-0.25, -0.2) is 0 Å². The summed E-state index contributed by atoms with van der Waals surface area (Å²) in [6.07, 6.45) is 7.55. The molecule has 1 aromatic heterocycles. The molecule has 0 bridgehead atoms. The number of rotatable bonds is 4. The van der Waals surface area contributed by atoms with Crippen LogP contribution in [0.1, 0.15) is 44.7 Å². The second-order valence-electron chi connectivity index (χ2n) is 6.66. The number of fused-ring (bicyclic) bond motifs is 1. The van der Waals surface area contributed by atoms with Crippen LogP contribution in [0, 0.1) is 11.8 Å². The largest absolute Gasteiger partial charge is 0.327 e. The van der Waals surface area contributed by atoms with E-state index in [4.69, 9.17) is 10.8 Å². The van der Waals surface area contributed by atoms with Gasteiger partial charge in [-0.1, -0.05) is 44.4 Å². The standard InChI is InChI=1S/C18H27N3/c1-3-13-7-6-8-14(11-13)16(19)12-17-15-9-4-5-10-18(15)21(2)20-17/h4-5,9-10,13-14,16H,3,6-8,11-12,19H2,1-2H3. The fourth-order valence-corrected chi connectivity index (χ4v) is 3.92. The first-order chi connectivity index (χ1) is 10.2. The van der Waals surface area contributed by atoms with Crippen molar-refractivity contribution in [1.29, 1.82) is 0 Å². The zero-order chi connectivity index (χ0) is 14.8. The number of nitrogens with zero attached hydrogens (tertiary/aromatic N) is 2. The van der Waals surface area contributed by atoms with Crippen LogP contribution in [0.5, 0.6) is 0 Å². The lowest BCUT2D eigenvalue weighted by Crippen LogP contribution is -2.35. The number of benzene rings is 1.